The summed E-state index contributed by atoms with van der Waals surface area (Å²) in [6.45, 7) is 0. The van der Waals surface area contributed by atoms with Crippen LogP contribution in [0.15, 0.2) is 66.7 Å². The van der Waals surface area contributed by atoms with Gasteiger partial charge in [-0.1, -0.05) is 48.5 Å². The highest BCUT2D eigenvalue weighted by Crippen LogP contribution is 2.26. The summed E-state index contributed by atoms with van der Waals surface area (Å²) in [7, 11) is 0. The Morgan fingerprint density at radius 3 is 2.23 bits per heavy atom. The molecular weight excluding hydrogens is 324 g/mol. The van der Waals surface area contributed by atoms with Crippen molar-refractivity contribution in [1.82, 2.24) is 9.97 Å². The number of nitrogens with zero attached hydrogens (tertiary/aromatic N) is 2. The Morgan fingerprint density at radius 2 is 1.54 bits per heavy atom. The van der Waals surface area contributed by atoms with Crippen molar-refractivity contribution in [2.45, 2.75) is 31.4 Å². The van der Waals surface area contributed by atoms with E-state index >= 15 is 0 Å². The lowest BCUT2D eigenvalue weighted by Crippen LogP contribution is -2.28. The quantitative estimate of drug-likeness (QED) is 0.645. The second-order valence-corrected chi connectivity index (χ2v) is 6.57. The van der Waals surface area contributed by atoms with Crippen molar-refractivity contribution in [3.63, 3.8) is 0 Å². The first-order chi connectivity index (χ1) is 12.8. The van der Waals surface area contributed by atoms with Crippen molar-refractivity contribution >= 4 is 17.3 Å². The van der Waals surface area contributed by atoms with Crippen LogP contribution in [0.5, 0.6) is 0 Å². The summed E-state index contributed by atoms with van der Waals surface area (Å²) in [6.07, 6.45) is 2.50. The number of hydrogen-bond donors (Lipinski definition) is 3. The SMILES string of the molecule is OC1CCCC1Nc1cc(Nc2ccccc2)nc(-c2ccccc2)n1. The van der Waals surface area contributed by atoms with Crippen molar-refractivity contribution in [3.05, 3.63) is 66.7 Å². The van der Waals surface area contributed by atoms with Crippen LogP contribution in [0.25, 0.3) is 11.4 Å². The topological polar surface area (TPSA) is 70.1 Å². The number of aromatic nitrogens is 2. The lowest BCUT2D eigenvalue weighted by Gasteiger charge is -2.18. The van der Waals surface area contributed by atoms with Crippen molar-refractivity contribution in [2.75, 3.05) is 10.6 Å². The number of rotatable bonds is 5. The standard InChI is InChI=1S/C21H22N4O/c26-18-13-7-12-17(18)23-20-14-19(22-16-10-5-2-6-11-16)24-21(25-20)15-8-3-1-4-9-15/h1-6,8-11,14,17-18,26H,7,12-13H2,(H2,22,23,24,25). The Hall–Kier alpha value is -2.92. The number of benzene rings is 2. The zero-order valence-electron chi connectivity index (χ0n) is 14.5. The summed E-state index contributed by atoms with van der Waals surface area (Å²) in [4.78, 5) is 9.34. The fraction of sp³-hybridized carbons (Fsp3) is 0.238. The van der Waals surface area contributed by atoms with Crippen LogP contribution in [0.1, 0.15) is 19.3 Å². The molecule has 132 valence electrons. The fourth-order valence-electron chi connectivity index (χ4n) is 3.27. The number of aliphatic hydroxyl groups excluding tert-OH is 1. The Morgan fingerprint density at radius 1 is 0.846 bits per heavy atom. The van der Waals surface area contributed by atoms with E-state index in [2.05, 4.69) is 20.6 Å². The van der Waals surface area contributed by atoms with Gasteiger partial charge in [0, 0.05) is 17.3 Å². The highest BCUT2D eigenvalue weighted by atomic mass is 16.3. The predicted octanol–water partition coefficient (Wildman–Crippen LogP) is 4.21. The highest BCUT2D eigenvalue weighted by molar-refractivity contribution is 5.65. The molecule has 0 saturated heterocycles. The molecule has 1 aromatic heterocycles. The van der Waals surface area contributed by atoms with Gasteiger partial charge >= 0.3 is 0 Å². The van der Waals surface area contributed by atoms with Gasteiger partial charge in [-0.15, -0.1) is 0 Å². The minimum absolute atomic E-state index is 0.0399. The summed E-state index contributed by atoms with van der Waals surface area (Å²) >= 11 is 0. The van der Waals surface area contributed by atoms with E-state index in [1.165, 1.54) is 0 Å². The summed E-state index contributed by atoms with van der Waals surface area (Å²) < 4.78 is 0. The first-order valence-corrected chi connectivity index (χ1v) is 8.99. The average molecular weight is 346 g/mol. The van der Waals surface area contributed by atoms with Gasteiger partial charge in [0.1, 0.15) is 11.6 Å². The second kappa shape index (κ2) is 7.54. The van der Waals surface area contributed by atoms with E-state index < -0.39 is 0 Å². The number of nitrogens with one attached hydrogen (secondary N) is 2. The van der Waals surface area contributed by atoms with Crippen LogP contribution in [0.2, 0.25) is 0 Å². The van der Waals surface area contributed by atoms with Crippen LogP contribution in [0.4, 0.5) is 17.3 Å². The smallest absolute Gasteiger partial charge is 0.163 e. The molecule has 0 aliphatic heterocycles. The van der Waals surface area contributed by atoms with Crippen molar-refractivity contribution in [2.24, 2.45) is 0 Å². The lowest BCUT2D eigenvalue weighted by atomic mass is 10.2. The van der Waals surface area contributed by atoms with E-state index in [1.807, 2.05) is 66.7 Å². The predicted molar refractivity (Wildman–Crippen MR) is 104 cm³/mol. The van der Waals surface area contributed by atoms with Gasteiger partial charge in [-0.05, 0) is 31.4 Å². The maximum Gasteiger partial charge on any atom is 0.163 e. The normalized spacial score (nSPS) is 19.3. The first-order valence-electron chi connectivity index (χ1n) is 8.99. The van der Waals surface area contributed by atoms with Gasteiger partial charge < -0.3 is 15.7 Å². The zero-order chi connectivity index (χ0) is 17.8. The van der Waals surface area contributed by atoms with E-state index in [9.17, 15) is 5.11 Å². The molecule has 1 fully saturated rings. The highest BCUT2D eigenvalue weighted by Gasteiger charge is 2.25. The third kappa shape index (κ3) is 3.83. The minimum Gasteiger partial charge on any atom is -0.391 e. The van der Waals surface area contributed by atoms with Crippen LogP contribution in [0, 0.1) is 0 Å². The molecule has 1 aliphatic carbocycles. The van der Waals surface area contributed by atoms with Gasteiger partial charge in [-0.25, -0.2) is 9.97 Å². The number of aliphatic hydroxyl groups is 1. The third-order valence-electron chi connectivity index (χ3n) is 4.62. The van der Waals surface area contributed by atoms with E-state index in [0.717, 1.165) is 42.1 Å². The molecule has 3 N–H and O–H groups in total. The van der Waals surface area contributed by atoms with Crippen LogP contribution >= 0.6 is 0 Å². The second-order valence-electron chi connectivity index (χ2n) is 6.57. The van der Waals surface area contributed by atoms with Crippen molar-refractivity contribution in [1.29, 1.82) is 0 Å². The molecule has 1 saturated carbocycles. The van der Waals surface area contributed by atoms with Crippen LogP contribution in [0.3, 0.4) is 0 Å². The molecule has 1 heterocycles. The molecule has 2 aromatic carbocycles. The fourth-order valence-corrected chi connectivity index (χ4v) is 3.27. The third-order valence-corrected chi connectivity index (χ3v) is 4.62. The average Bonchev–Trinajstić information content (AvgIpc) is 3.08. The van der Waals surface area contributed by atoms with Gasteiger partial charge in [0.2, 0.25) is 0 Å². The molecule has 0 radical (unpaired) electrons. The van der Waals surface area contributed by atoms with Gasteiger partial charge in [0.15, 0.2) is 5.82 Å². The van der Waals surface area contributed by atoms with Crippen LogP contribution in [-0.4, -0.2) is 27.2 Å². The first kappa shape index (κ1) is 16.5. The Bertz CT molecular complexity index is 854. The molecule has 26 heavy (non-hydrogen) atoms. The molecule has 4 rings (SSSR count). The van der Waals surface area contributed by atoms with Crippen LogP contribution < -0.4 is 10.6 Å². The lowest BCUT2D eigenvalue weighted by molar-refractivity contribution is 0.171. The molecule has 0 bridgehead atoms. The molecule has 3 aromatic rings. The maximum atomic E-state index is 10.1. The molecule has 5 nitrogen and oxygen atoms in total. The summed E-state index contributed by atoms with van der Waals surface area (Å²) in [6, 6.07) is 21.8. The van der Waals surface area contributed by atoms with Crippen molar-refractivity contribution < 1.29 is 5.11 Å². The summed E-state index contributed by atoms with van der Waals surface area (Å²) in [5.41, 5.74) is 1.93. The van der Waals surface area contributed by atoms with Crippen molar-refractivity contribution in [3.8, 4) is 11.4 Å². The van der Waals surface area contributed by atoms with E-state index in [4.69, 9.17) is 0 Å². The monoisotopic (exact) mass is 346 g/mol. The summed E-state index contributed by atoms with van der Waals surface area (Å²) in [5.74, 6) is 2.10. The Balaban J connectivity index is 1.67. The molecule has 5 heteroatoms. The van der Waals surface area contributed by atoms with Gasteiger partial charge in [-0.3, -0.25) is 0 Å². The minimum atomic E-state index is -0.323. The molecule has 0 amide bonds. The number of anilines is 3. The Kier molecular flexibility index (Phi) is 4.80. The summed E-state index contributed by atoms with van der Waals surface area (Å²) in [5, 5.41) is 16.8. The van der Waals surface area contributed by atoms with E-state index in [0.29, 0.717) is 5.82 Å². The molecule has 2 atom stereocenters. The van der Waals surface area contributed by atoms with Gasteiger partial charge in [0.25, 0.3) is 0 Å². The molecule has 2 unspecified atom stereocenters. The largest absolute Gasteiger partial charge is 0.391 e. The van der Waals surface area contributed by atoms with Gasteiger partial charge in [0.05, 0.1) is 12.1 Å². The Labute approximate surface area is 153 Å². The van der Waals surface area contributed by atoms with Gasteiger partial charge in [-0.2, -0.15) is 0 Å². The molecule has 1 aliphatic rings. The number of para-hydroxylation sites is 1. The molecular formula is C21H22N4O. The van der Waals surface area contributed by atoms with Crippen LogP contribution in [-0.2, 0) is 0 Å². The van der Waals surface area contributed by atoms with E-state index in [-0.39, 0.29) is 12.1 Å². The zero-order valence-corrected chi connectivity index (χ0v) is 14.5. The number of hydrogen-bond acceptors (Lipinski definition) is 5. The molecule has 0 spiro atoms. The van der Waals surface area contributed by atoms with E-state index in [1.54, 1.807) is 0 Å². The maximum absolute atomic E-state index is 10.1.